The molecular formula is C19H39NO3. The van der Waals surface area contributed by atoms with Crippen LogP contribution in [0.25, 0.3) is 0 Å². The van der Waals surface area contributed by atoms with E-state index in [1.54, 1.807) is 0 Å². The first-order valence-electron chi connectivity index (χ1n) is 9.78. The van der Waals surface area contributed by atoms with E-state index in [1.807, 2.05) is 0 Å². The van der Waals surface area contributed by atoms with E-state index in [0.29, 0.717) is 19.6 Å². The minimum absolute atomic E-state index is 0.0215. The van der Waals surface area contributed by atoms with Gasteiger partial charge in [0.15, 0.2) is 0 Å². The van der Waals surface area contributed by atoms with E-state index in [1.165, 1.54) is 57.8 Å². The fourth-order valence-electron chi connectivity index (χ4n) is 2.57. The maximum absolute atomic E-state index is 11.6. The highest BCUT2D eigenvalue weighted by atomic mass is 16.5. The summed E-state index contributed by atoms with van der Waals surface area (Å²) in [6.45, 7) is 4.73. The lowest BCUT2D eigenvalue weighted by molar-refractivity contribution is -0.143. The van der Waals surface area contributed by atoms with Crippen LogP contribution in [0.1, 0.15) is 90.4 Å². The zero-order valence-corrected chi connectivity index (χ0v) is 15.3. The molecule has 0 saturated carbocycles. The lowest BCUT2D eigenvalue weighted by Gasteiger charge is -2.05. The van der Waals surface area contributed by atoms with Gasteiger partial charge < -0.3 is 15.2 Å². The molecule has 23 heavy (non-hydrogen) atoms. The van der Waals surface area contributed by atoms with Gasteiger partial charge in [0.1, 0.15) is 0 Å². The molecule has 0 amide bonds. The summed E-state index contributed by atoms with van der Waals surface area (Å²) in [5.41, 5.74) is 0. The lowest BCUT2D eigenvalue weighted by Crippen LogP contribution is -2.19. The zero-order chi connectivity index (χ0) is 17.0. The van der Waals surface area contributed by atoms with Crippen molar-refractivity contribution >= 4 is 5.97 Å². The van der Waals surface area contributed by atoms with Crippen LogP contribution in [0.3, 0.4) is 0 Å². The van der Waals surface area contributed by atoms with Gasteiger partial charge in [-0.3, -0.25) is 4.79 Å². The summed E-state index contributed by atoms with van der Waals surface area (Å²) in [7, 11) is 0. The molecule has 0 spiro atoms. The number of esters is 1. The number of hydrogen-bond donors (Lipinski definition) is 2. The normalized spacial score (nSPS) is 10.9. The first-order valence-corrected chi connectivity index (χ1v) is 9.78. The molecule has 0 aromatic rings. The lowest BCUT2D eigenvalue weighted by atomic mass is 10.1. The van der Waals surface area contributed by atoms with E-state index >= 15 is 0 Å². The Balaban J connectivity index is 3.13. The molecule has 0 rings (SSSR count). The van der Waals surface area contributed by atoms with Crippen LogP contribution in [0, 0.1) is 0 Å². The van der Waals surface area contributed by atoms with Crippen molar-refractivity contribution in [3.8, 4) is 0 Å². The predicted octanol–water partition coefficient (Wildman–Crippen LogP) is 4.20. The quantitative estimate of drug-likeness (QED) is 0.292. The summed E-state index contributed by atoms with van der Waals surface area (Å²) in [6, 6.07) is 0. The number of rotatable bonds is 18. The van der Waals surface area contributed by atoms with Gasteiger partial charge in [0.05, 0.1) is 13.2 Å². The summed E-state index contributed by atoms with van der Waals surface area (Å²) in [6.07, 6.45) is 14.8. The molecule has 0 aromatic carbocycles. The summed E-state index contributed by atoms with van der Waals surface area (Å²) >= 11 is 0. The van der Waals surface area contributed by atoms with Crippen molar-refractivity contribution in [2.45, 2.75) is 90.4 Å². The Morgan fingerprint density at radius 2 is 1.43 bits per heavy atom. The molecule has 0 unspecified atom stereocenters. The molecule has 4 heteroatoms. The molecule has 0 fully saturated rings. The second-order valence-corrected chi connectivity index (χ2v) is 6.33. The fraction of sp³-hybridized carbons (Fsp3) is 0.947. The smallest absolute Gasteiger partial charge is 0.305 e. The van der Waals surface area contributed by atoms with Crippen molar-refractivity contribution in [3.63, 3.8) is 0 Å². The minimum Gasteiger partial charge on any atom is -0.466 e. The molecule has 0 aromatic heterocycles. The van der Waals surface area contributed by atoms with Crippen LogP contribution in [0.4, 0.5) is 0 Å². The van der Waals surface area contributed by atoms with E-state index in [2.05, 4.69) is 12.2 Å². The Labute approximate surface area is 143 Å². The number of aliphatic hydroxyl groups excluding tert-OH is 1. The maximum Gasteiger partial charge on any atom is 0.305 e. The SMILES string of the molecule is CCCCCCCCOC(=O)CCCCCCCCNCCO. The Morgan fingerprint density at radius 3 is 2.13 bits per heavy atom. The van der Waals surface area contributed by atoms with Gasteiger partial charge in [-0.2, -0.15) is 0 Å². The standard InChI is InChI=1S/C19H39NO3/c1-2-3-4-5-10-13-18-23-19(22)14-11-8-6-7-9-12-15-20-16-17-21/h20-21H,2-18H2,1H3. The molecule has 0 aliphatic rings. The van der Waals surface area contributed by atoms with Crippen LogP contribution in [0.15, 0.2) is 0 Å². The molecule has 0 heterocycles. The van der Waals surface area contributed by atoms with E-state index in [4.69, 9.17) is 9.84 Å². The maximum atomic E-state index is 11.6. The number of hydrogen-bond acceptors (Lipinski definition) is 4. The number of aliphatic hydroxyl groups is 1. The molecular weight excluding hydrogens is 290 g/mol. The largest absolute Gasteiger partial charge is 0.466 e. The highest BCUT2D eigenvalue weighted by Crippen LogP contribution is 2.08. The molecule has 0 aliphatic heterocycles. The van der Waals surface area contributed by atoms with E-state index < -0.39 is 0 Å². The first-order chi connectivity index (χ1) is 11.3. The molecule has 138 valence electrons. The second kappa shape index (κ2) is 19.4. The molecule has 0 bridgehead atoms. The molecule has 0 aliphatic carbocycles. The molecule has 0 radical (unpaired) electrons. The highest BCUT2D eigenvalue weighted by Gasteiger charge is 2.02. The third-order valence-corrected chi connectivity index (χ3v) is 4.03. The van der Waals surface area contributed by atoms with Gasteiger partial charge in [0.25, 0.3) is 0 Å². The van der Waals surface area contributed by atoms with Crippen LogP contribution in [0.5, 0.6) is 0 Å². The Hall–Kier alpha value is -0.610. The Kier molecular flexibility index (Phi) is 18.9. The minimum atomic E-state index is -0.0215. The average molecular weight is 330 g/mol. The van der Waals surface area contributed by atoms with E-state index in [0.717, 1.165) is 25.8 Å². The van der Waals surface area contributed by atoms with E-state index in [9.17, 15) is 4.79 Å². The number of unbranched alkanes of at least 4 members (excludes halogenated alkanes) is 10. The summed E-state index contributed by atoms with van der Waals surface area (Å²) in [5.74, 6) is -0.0215. The van der Waals surface area contributed by atoms with Crippen molar-refractivity contribution in [2.75, 3.05) is 26.3 Å². The van der Waals surface area contributed by atoms with Crippen LogP contribution in [-0.4, -0.2) is 37.4 Å². The Morgan fingerprint density at radius 1 is 0.826 bits per heavy atom. The third kappa shape index (κ3) is 19.3. The first kappa shape index (κ1) is 22.4. The van der Waals surface area contributed by atoms with Crippen molar-refractivity contribution in [1.82, 2.24) is 5.32 Å². The Bertz CT molecular complexity index is 247. The summed E-state index contributed by atoms with van der Waals surface area (Å²) in [4.78, 5) is 11.6. The monoisotopic (exact) mass is 329 g/mol. The number of nitrogens with one attached hydrogen (secondary N) is 1. The van der Waals surface area contributed by atoms with Crippen molar-refractivity contribution in [3.05, 3.63) is 0 Å². The topological polar surface area (TPSA) is 58.6 Å². The number of ether oxygens (including phenoxy) is 1. The van der Waals surface area contributed by atoms with Crippen molar-refractivity contribution in [1.29, 1.82) is 0 Å². The molecule has 4 nitrogen and oxygen atoms in total. The van der Waals surface area contributed by atoms with Crippen LogP contribution >= 0.6 is 0 Å². The molecule has 0 saturated heterocycles. The predicted molar refractivity (Wildman–Crippen MR) is 96.6 cm³/mol. The molecule has 2 N–H and O–H groups in total. The van der Waals surface area contributed by atoms with Crippen molar-refractivity contribution in [2.24, 2.45) is 0 Å². The average Bonchev–Trinajstić information content (AvgIpc) is 2.55. The summed E-state index contributed by atoms with van der Waals surface area (Å²) < 4.78 is 5.26. The molecule has 0 atom stereocenters. The highest BCUT2D eigenvalue weighted by molar-refractivity contribution is 5.69. The second-order valence-electron chi connectivity index (χ2n) is 6.33. The van der Waals surface area contributed by atoms with Crippen molar-refractivity contribution < 1.29 is 14.6 Å². The fourth-order valence-corrected chi connectivity index (χ4v) is 2.57. The van der Waals surface area contributed by atoms with Crippen LogP contribution in [-0.2, 0) is 9.53 Å². The van der Waals surface area contributed by atoms with Gasteiger partial charge in [0.2, 0.25) is 0 Å². The van der Waals surface area contributed by atoms with Gasteiger partial charge in [-0.15, -0.1) is 0 Å². The van der Waals surface area contributed by atoms with Crippen LogP contribution < -0.4 is 5.32 Å². The van der Waals surface area contributed by atoms with Gasteiger partial charge in [0, 0.05) is 13.0 Å². The van der Waals surface area contributed by atoms with Gasteiger partial charge in [-0.25, -0.2) is 0 Å². The number of carbonyl (C=O) groups excluding carboxylic acids is 1. The summed E-state index contributed by atoms with van der Waals surface area (Å²) in [5, 5.41) is 11.8. The van der Waals surface area contributed by atoms with Gasteiger partial charge in [-0.05, 0) is 25.8 Å². The van der Waals surface area contributed by atoms with Gasteiger partial charge >= 0.3 is 5.97 Å². The van der Waals surface area contributed by atoms with Gasteiger partial charge in [-0.1, -0.05) is 64.7 Å². The number of carbonyl (C=O) groups is 1. The third-order valence-electron chi connectivity index (χ3n) is 4.03. The van der Waals surface area contributed by atoms with Crippen LogP contribution in [0.2, 0.25) is 0 Å². The van der Waals surface area contributed by atoms with E-state index in [-0.39, 0.29) is 12.6 Å². The zero-order valence-electron chi connectivity index (χ0n) is 15.3.